The van der Waals surface area contributed by atoms with E-state index in [0.29, 0.717) is 11.4 Å². The summed E-state index contributed by atoms with van der Waals surface area (Å²) in [5.41, 5.74) is 3.13. The molecule has 0 aliphatic rings. The van der Waals surface area contributed by atoms with Crippen molar-refractivity contribution in [3.63, 3.8) is 0 Å². The van der Waals surface area contributed by atoms with Crippen LogP contribution in [0.25, 0.3) is 0 Å². The van der Waals surface area contributed by atoms with Gasteiger partial charge in [-0.3, -0.25) is 0 Å². The van der Waals surface area contributed by atoms with E-state index in [4.69, 9.17) is 4.74 Å². The van der Waals surface area contributed by atoms with Gasteiger partial charge in [-0.25, -0.2) is 4.79 Å². The molecule has 0 aliphatic heterocycles. The van der Waals surface area contributed by atoms with E-state index in [-0.39, 0.29) is 6.03 Å². The number of nitrogens with one attached hydrogen (secondary N) is 3. The molecule has 0 saturated carbocycles. The van der Waals surface area contributed by atoms with Gasteiger partial charge in [0.05, 0.1) is 18.5 Å². The lowest BCUT2D eigenvalue weighted by Gasteiger charge is -2.16. The molecule has 23 heavy (non-hydrogen) atoms. The summed E-state index contributed by atoms with van der Waals surface area (Å²) in [5, 5.41) is 8.65. The summed E-state index contributed by atoms with van der Waals surface area (Å²) < 4.78 is 5.36. The number of rotatable bonds is 5. The van der Waals surface area contributed by atoms with Crippen molar-refractivity contribution in [2.75, 3.05) is 49.1 Å². The van der Waals surface area contributed by atoms with Gasteiger partial charge < -0.3 is 25.6 Å². The first kappa shape index (κ1) is 16.5. The molecule has 2 amide bonds. The SMILES string of the molecule is CNc1cccc(NC(=O)Nc2cccc(N(C)C)c2)c1OC. The average Bonchev–Trinajstić information content (AvgIpc) is 2.54. The maximum atomic E-state index is 12.2. The van der Waals surface area contributed by atoms with E-state index in [0.717, 1.165) is 17.1 Å². The van der Waals surface area contributed by atoms with Crippen molar-refractivity contribution in [3.8, 4) is 5.75 Å². The summed E-state index contributed by atoms with van der Waals surface area (Å²) >= 11 is 0. The maximum Gasteiger partial charge on any atom is 0.323 e. The molecule has 0 bridgehead atoms. The van der Waals surface area contributed by atoms with Crippen LogP contribution in [0.4, 0.5) is 27.5 Å². The van der Waals surface area contributed by atoms with Crippen molar-refractivity contribution in [2.45, 2.75) is 0 Å². The van der Waals surface area contributed by atoms with E-state index in [9.17, 15) is 4.79 Å². The number of methoxy groups -OCH3 is 1. The Hall–Kier alpha value is -2.89. The lowest BCUT2D eigenvalue weighted by molar-refractivity contribution is 0.262. The van der Waals surface area contributed by atoms with Gasteiger partial charge >= 0.3 is 6.03 Å². The van der Waals surface area contributed by atoms with Gasteiger partial charge in [-0.15, -0.1) is 0 Å². The van der Waals surface area contributed by atoms with Crippen LogP contribution in [0.2, 0.25) is 0 Å². The normalized spacial score (nSPS) is 9.91. The quantitative estimate of drug-likeness (QED) is 0.791. The Morgan fingerprint density at radius 2 is 1.74 bits per heavy atom. The molecule has 0 fully saturated rings. The Morgan fingerprint density at radius 1 is 1.04 bits per heavy atom. The van der Waals surface area contributed by atoms with Crippen LogP contribution in [0.5, 0.6) is 5.75 Å². The number of carbonyl (C=O) groups is 1. The van der Waals surface area contributed by atoms with Crippen LogP contribution in [-0.2, 0) is 0 Å². The number of carbonyl (C=O) groups excluding carboxylic acids is 1. The summed E-state index contributed by atoms with van der Waals surface area (Å²) in [6.45, 7) is 0. The highest BCUT2D eigenvalue weighted by Gasteiger charge is 2.11. The smallest absolute Gasteiger partial charge is 0.323 e. The minimum absolute atomic E-state index is 0.326. The third-order valence-corrected chi connectivity index (χ3v) is 3.36. The molecule has 0 aliphatic carbocycles. The van der Waals surface area contributed by atoms with Crippen molar-refractivity contribution in [2.24, 2.45) is 0 Å². The predicted molar refractivity (Wildman–Crippen MR) is 96.0 cm³/mol. The molecule has 6 nitrogen and oxygen atoms in total. The number of para-hydroxylation sites is 1. The molecular formula is C17H22N4O2. The van der Waals surface area contributed by atoms with Gasteiger partial charge in [-0.05, 0) is 30.3 Å². The summed E-state index contributed by atoms with van der Waals surface area (Å²) in [6.07, 6.45) is 0. The number of hydrogen-bond donors (Lipinski definition) is 3. The molecule has 0 aromatic heterocycles. The van der Waals surface area contributed by atoms with Gasteiger partial charge in [0.25, 0.3) is 0 Å². The lowest BCUT2D eigenvalue weighted by Crippen LogP contribution is -2.20. The molecule has 0 saturated heterocycles. The molecule has 2 aromatic carbocycles. The minimum Gasteiger partial charge on any atom is -0.492 e. The lowest BCUT2D eigenvalue weighted by atomic mass is 10.2. The van der Waals surface area contributed by atoms with Crippen molar-refractivity contribution in [1.82, 2.24) is 0 Å². The third kappa shape index (κ3) is 4.06. The zero-order valence-corrected chi connectivity index (χ0v) is 13.8. The van der Waals surface area contributed by atoms with Gasteiger partial charge in [-0.1, -0.05) is 12.1 Å². The highest BCUT2D eigenvalue weighted by Crippen LogP contribution is 2.32. The van der Waals surface area contributed by atoms with E-state index in [1.165, 1.54) is 0 Å². The molecule has 2 aromatic rings. The molecule has 0 heterocycles. The van der Waals surface area contributed by atoms with Gasteiger partial charge in [-0.2, -0.15) is 0 Å². The van der Waals surface area contributed by atoms with Crippen molar-refractivity contribution < 1.29 is 9.53 Å². The zero-order valence-electron chi connectivity index (χ0n) is 13.8. The summed E-state index contributed by atoms with van der Waals surface area (Å²) in [4.78, 5) is 14.2. The summed E-state index contributed by atoms with van der Waals surface area (Å²) in [7, 11) is 7.27. The van der Waals surface area contributed by atoms with Crippen molar-refractivity contribution in [3.05, 3.63) is 42.5 Å². The summed E-state index contributed by atoms with van der Waals surface area (Å²) in [6, 6.07) is 12.8. The molecule has 0 spiro atoms. The zero-order chi connectivity index (χ0) is 16.8. The van der Waals surface area contributed by atoms with E-state index in [2.05, 4.69) is 16.0 Å². The first-order chi connectivity index (χ1) is 11.0. The Labute approximate surface area is 136 Å². The average molecular weight is 314 g/mol. The van der Waals surface area contributed by atoms with Crippen LogP contribution >= 0.6 is 0 Å². The Balaban J connectivity index is 2.13. The van der Waals surface area contributed by atoms with Crippen LogP contribution < -0.4 is 25.6 Å². The minimum atomic E-state index is -0.326. The fraction of sp³-hybridized carbons (Fsp3) is 0.235. The first-order valence-electron chi connectivity index (χ1n) is 7.25. The van der Waals surface area contributed by atoms with E-state index in [1.807, 2.05) is 55.4 Å². The molecule has 2 rings (SSSR count). The standard InChI is InChI=1S/C17H22N4O2/c1-18-14-9-6-10-15(16(14)23-4)20-17(22)19-12-7-5-8-13(11-12)21(2)3/h5-11,18H,1-4H3,(H2,19,20,22). The highest BCUT2D eigenvalue weighted by molar-refractivity contribution is 6.01. The molecular weight excluding hydrogens is 292 g/mol. The second kappa shape index (κ2) is 7.40. The number of nitrogens with zero attached hydrogens (tertiary/aromatic N) is 1. The third-order valence-electron chi connectivity index (χ3n) is 3.36. The molecule has 6 heteroatoms. The number of amides is 2. The number of anilines is 4. The van der Waals surface area contributed by atoms with Crippen LogP contribution in [0.15, 0.2) is 42.5 Å². The monoisotopic (exact) mass is 314 g/mol. The number of benzene rings is 2. The molecule has 0 unspecified atom stereocenters. The number of urea groups is 1. The molecule has 122 valence electrons. The van der Waals surface area contributed by atoms with Crippen molar-refractivity contribution in [1.29, 1.82) is 0 Å². The second-order valence-corrected chi connectivity index (χ2v) is 5.16. The van der Waals surface area contributed by atoms with Gasteiger partial charge in [0.15, 0.2) is 5.75 Å². The largest absolute Gasteiger partial charge is 0.492 e. The van der Waals surface area contributed by atoms with Crippen molar-refractivity contribution >= 4 is 28.8 Å². The van der Waals surface area contributed by atoms with Crippen LogP contribution in [0.1, 0.15) is 0 Å². The second-order valence-electron chi connectivity index (χ2n) is 5.16. The maximum absolute atomic E-state index is 12.2. The topological polar surface area (TPSA) is 65.6 Å². The van der Waals surface area contributed by atoms with E-state index >= 15 is 0 Å². The number of ether oxygens (including phenoxy) is 1. The Morgan fingerprint density at radius 3 is 2.39 bits per heavy atom. The van der Waals surface area contributed by atoms with E-state index in [1.54, 1.807) is 20.2 Å². The van der Waals surface area contributed by atoms with Gasteiger partial charge in [0.2, 0.25) is 0 Å². The van der Waals surface area contributed by atoms with E-state index < -0.39 is 0 Å². The first-order valence-corrected chi connectivity index (χ1v) is 7.25. The highest BCUT2D eigenvalue weighted by atomic mass is 16.5. The Kier molecular flexibility index (Phi) is 5.30. The predicted octanol–water partition coefficient (Wildman–Crippen LogP) is 3.45. The summed E-state index contributed by atoms with van der Waals surface area (Å²) in [5.74, 6) is 0.590. The molecule has 0 atom stereocenters. The van der Waals surface area contributed by atoms with Crippen LogP contribution in [0, 0.1) is 0 Å². The van der Waals surface area contributed by atoms with Gasteiger partial charge in [0, 0.05) is 32.5 Å². The Bertz CT molecular complexity index is 686. The van der Waals surface area contributed by atoms with Crippen LogP contribution in [-0.4, -0.2) is 34.3 Å². The molecule has 0 radical (unpaired) electrons. The number of hydrogen-bond acceptors (Lipinski definition) is 4. The molecule has 3 N–H and O–H groups in total. The van der Waals surface area contributed by atoms with Crippen LogP contribution in [0.3, 0.4) is 0 Å². The fourth-order valence-corrected chi connectivity index (χ4v) is 2.20. The fourth-order valence-electron chi connectivity index (χ4n) is 2.20. The van der Waals surface area contributed by atoms with Gasteiger partial charge in [0.1, 0.15) is 0 Å².